The van der Waals surface area contributed by atoms with Crippen LogP contribution in [0.1, 0.15) is 33.1 Å². The zero-order chi connectivity index (χ0) is 12.0. The van der Waals surface area contributed by atoms with Crippen molar-refractivity contribution >= 4 is 0 Å². The molecular weight excluding hydrogens is 198 g/mol. The zero-order valence-electron chi connectivity index (χ0n) is 10.6. The molecule has 0 aromatic rings. The third-order valence-electron chi connectivity index (χ3n) is 3.20. The van der Waals surface area contributed by atoms with Crippen molar-refractivity contribution in [2.75, 3.05) is 19.6 Å². The Labute approximate surface area is 99.4 Å². The van der Waals surface area contributed by atoms with Gasteiger partial charge in [0.05, 0.1) is 5.82 Å². The van der Waals surface area contributed by atoms with Crippen LogP contribution in [0.4, 0.5) is 0 Å². The number of nitrogens with zero attached hydrogens (tertiary/aromatic N) is 1. The van der Waals surface area contributed by atoms with Crippen molar-refractivity contribution in [3.05, 3.63) is 24.2 Å². The van der Waals surface area contributed by atoms with Crippen molar-refractivity contribution in [2.24, 2.45) is 11.7 Å². The predicted octanol–water partition coefficient (Wildman–Crippen LogP) is 2.03. The van der Waals surface area contributed by atoms with Gasteiger partial charge in [-0.3, -0.25) is 0 Å². The van der Waals surface area contributed by atoms with Crippen LogP contribution in [0.15, 0.2) is 24.2 Å². The monoisotopic (exact) mass is 223 g/mol. The van der Waals surface area contributed by atoms with Crippen LogP contribution >= 0.6 is 0 Å². The third-order valence-corrected chi connectivity index (χ3v) is 3.20. The zero-order valence-corrected chi connectivity index (χ0v) is 10.6. The van der Waals surface area contributed by atoms with Crippen LogP contribution < -0.4 is 11.1 Å². The number of hydrogen-bond acceptors (Lipinski definition) is 3. The minimum absolute atomic E-state index is 0.504. The molecule has 0 aromatic carbocycles. The fourth-order valence-corrected chi connectivity index (χ4v) is 1.89. The van der Waals surface area contributed by atoms with E-state index in [0.717, 1.165) is 25.2 Å². The molecule has 1 saturated heterocycles. The summed E-state index contributed by atoms with van der Waals surface area (Å²) in [4.78, 5) is 2.37. The van der Waals surface area contributed by atoms with Crippen LogP contribution in [0, 0.1) is 5.92 Å². The van der Waals surface area contributed by atoms with Crippen molar-refractivity contribution in [3.8, 4) is 0 Å². The summed E-state index contributed by atoms with van der Waals surface area (Å²) in [6.07, 6.45) is 5.41. The number of allylic oxidation sites excluding steroid dienone is 1. The van der Waals surface area contributed by atoms with Gasteiger partial charge in [0, 0.05) is 31.2 Å². The molecule has 3 N–H and O–H groups in total. The van der Waals surface area contributed by atoms with Gasteiger partial charge >= 0.3 is 0 Å². The molecule has 0 spiro atoms. The summed E-state index contributed by atoms with van der Waals surface area (Å²) in [6, 6.07) is 0. The molecule has 1 atom stereocenters. The van der Waals surface area contributed by atoms with Gasteiger partial charge in [-0.05, 0) is 25.3 Å². The molecule has 3 heteroatoms. The van der Waals surface area contributed by atoms with E-state index in [2.05, 4.69) is 30.6 Å². The van der Waals surface area contributed by atoms with E-state index in [0.29, 0.717) is 5.92 Å². The molecule has 92 valence electrons. The normalized spacial score (nSPS) is 17.9. The van der Waals surface area contributed by atoms with E-state index in [1.807, 2.05) is 6.08 Å². The summed E-state index contributed by atoms with van der Waals surface area (Å²) >= 11 is 0. The summed E-state index contributed by atoms with van der Waals surface area (Å²) in [5.74, 6) is 1.29. The van der Waals surface area contributed by atoms with Crippen LogP contribution in [0.5, 0.6) is 0 Å². The SMILES string of the molecule is C=C(C(CC)CN/C(N)=C/CC)N1CCC1. The molecule has 1 fully saturated rings. The Morgan fingerprint density at radius 1 is 1.50 bits per heavy atom. The maximum Gasteiger partial charge on any atom is 0.0918 e. The summed E-state index contributed by atoms with van der Waals surface area (Å²) < 4.78 is 0. The first-order valence-electron chi connectivity index (χ1n) is 6.32. The average molecular weight is 223 g/mol. The molecule has 0 amide bonds. The van der Waals surface area contributed by atoms with E-state index in [4.69, 9.17) is 5.73 Å². The van der Waals surface area contributed by atoms with E-state index in [1.165, 1.54) is 25.2 Å². The standard InChI is InChI=1S/C13H25N3/c1-4-7-13(14)15-10-12(5-2)11(3)16-8-6-9-16/h7,12,15H,3-6,8-10,14H2,1-2H3/b13-7+. The van der Waals surface area contributed by atoms with Crippen LogP contribution in [0.2, 0.25) is 0 Å². The smallest absolute Gasteiger partial charge is 0.0918 e. The fraction of sp³-hybridized carbons (Fsp3) is 0.692. The summed E-state index contributed by atoms with van der Waals surface area (Å²) in [6.45, 7) is 11.7. The van der Waals surface area contributed by atoms with E-state index < -0.39 is 0 Å². The van der Waals surface area contributed by atoms with Crippen molar-refractivity contribution in [3.63, 3.8) is 0 Å². The molecule has 0 bridgehead atoms. The van der Waals surface area contributed by atoms with Crippen molar-refractivity contribution in [1.29, 1.82) is 0 Å². The van der Waals surface area contributed by atoms with Gasteiger partial charge in [-0.15, -0.1) is 0 Å². The number of nitrogens with two attached hydrogens (primary N) is 1. The Hall–Kier alpha value is -1.12. The minimum atomic E-state index is 0.504. The van der Waals surface area contributed by atoms with Gasteiger partial charge < -0.3 is 16.0 Å². The number of rotatable bonds is 7. The Kier molecular flexibility index (Phi) is 5.23. The second-order valence-electron chi connectivity index (χ2n) is 4.39. The van der Waals surface area contributed by atoms with E-state index in [-0.39, 0.29) is 0 Å². The highest BCUT2D eigenvalue weighted by molar-refractivity contribution is 5.05. The van der Waals surface area contributed by atoms with Crippen LogP contribution in [-0.4, -0.2) is 24.5 Å². The van der Waals surface area contributed by atoms with Crippen LogP contribution in [0.25, 0.3) is 0 Å². The fourth-order valence-electron chi connectivity index (χ4n) is 1.89. The Morgan fingerprint density at radius 3 is 2.62 bits per heavy atom. The molecular formula is C13H25N3. The quantitative estimate of drug-likeness (QED) is 0.694. The molecule has 3 nitrogen and oxygen atoms in total. The molecule has 1 aliphatic rings. The number of nitrogens with one attached hydrogen (secondary N) is 1. The van der Waals surface area contributed by atoms with Gasteiger partial charge in [0.25, 0.3) is 0 Å². The largest absolute Gasteiger partial charge is 0.386 e. The van der Waals surface area contributed by atoms with Crippen LogP contribution in [0.3, 0.4) is 0 Å². The van der Waals surface area contributed by atoms with Gasteiger partial charge in [-0.1, -0.05) is 20.4 Å². The summed E-state index contributed by atoms with van der Waals surface area (Å²) in [5.41, 5.74) is 7.09. The second kappa shape index (κ2) is 6.46. The lowest BCUT2D eigenvalue weighted by Crippen LogP contribution is -2.40. The topological polar surface area (TPSA) is 41.3 Å². The van der Waals surface area contributed by atoms with Gasteiger partial charge in [0.2, 0.25) is 0 Å². The highest BCUT2D eigenvalue weighted by atomic mass is 15.2. The molecule has 0 saturated carbocycles. The predicted molar refractivity (Wildman–Crippen MR) is 69.7 cm³/mol. The first-order valence-corrected chi connectivity index (χ1v) is 6.32. The number of hydrogen-bond donors (Lipinski definition) is 2. The Balaban J connectivity index is 2.36. The van der Waals surface area contributed by atoms with Gasteiger partial charge in [0.15, 0.2) is 0 Å². The van der Waals surface area contributed by atoms with Crippen molar-refractivity contribution < 1.29 is 0 Å². The molecule has 0 radical (unpaired) electrons. The first kappa shape index (κ1) is 12.9. The molecule has 1 heterocycles. The van der Waals surface area contributed by atoms with E-state index in [1.54, 1.807) is 0 Å². The molecule has 1 aliphatic heterocycles. The Morgan fingerprint density at radius 2 is 2.19 bits per heavy atom. The van der Waals surface area contributed by atoms with Gasteiger partial charge in [0.1, 0.15) is 0 Å². The summed E-state index contributed by atoms with van der Waals surface area (Å²) in [7, 11) is 0. The summed E-state index contributed by atoms with van der Waals surface area (Å²) in [5, 5.41) is 3.27. The first-order chi connectivity index (χ1) is 7.69. The lowest BCUT2D eigenvalue weighted by Gasteiger charge is -2.38. The van der Waals surface area contributed by atoms with Gasteiger partial charge in [-0.2, -0.15) is 0 Å². The third kappa shape index (κ3) is 3.47. The van der Waals surface area contributed by atoms with E-state index in [9.17, 15) is 0 Å². The van der Waals surface area contributed by atoms with Gasteiger partial charge in [-0.25, -0.2) is 0 Å². The molecule has 16 heavy (non-hydrogen) atoms. The molecule has 1 unspecified atom stereocenters. The Bertz CT molecular complexity index is 254. The maximum atomic E-state index is 5.82. The van der Waals surface area contributed by atoms with Crippen molar-refractivity contribution in [2.45, 2.75) is 33.1 Å². The average Bonchev–Trinajstić information content (AvgIpc) is 2.16. The van der Waals surface area contributed by atoms with Crippen LogP contribution in [-0.2, 0) is 0 Å². The molecule has 0 aromatic heterocycles. The lowest BCUT2D eigenvalue weighted by molar-refractivity contribution is 0.209. The number of likely N-dealkylation sites (tertiary alicyclic amines) is 1. The minimum Gasteiger partial charge on any atom is -0.386 e. The molecule has 0 aliphatic carbocycles. The lowest BCUT2D eigenvalue weighted by atomic mass is 9.99. The maximum absolute atomic E-state index is 5.82. The van der Waals surface area contributed by atoms with E-state index >= 15 is 0 Å². The highest BCUT2D eigenvalue weighted by Gasteiger charge is 2.21. The van der Waals surface area contributed by atoms with Crippen molar-refractivity contribution in [1.82, 2.24) is 10.2 Å². The molecule has 1 rings (SSSR count). The second-order valence-corrected chi connectivity index (χ2v) is 4.39. The highest BCUT2D eigenvalue weighted by Crippen LogP contribution is 2.22.